The lowest BCUT2D eigenvalue weighted by Crippen LogP contribution is -2.47. The summed E-state index contributed by atoms with van der Waals surface area (Å²) in [6, 6.07) is 4.60. The number of halogens is 1. The predicted octanol–water partition coefficient (Wildman–Crippen LogP) is 4.12. The van der Waals surface area contributed by atoms with Crippen LogP contribution in [0.3, 0.4) is 0 Å². The number of benzene rings is 1. The summed E-state index contributed by atoms with van der Waals surface area (Å²) in [6.45, 7) is 10.5. The van der Waals surface area contributed by atoms with Gasteiger partial charge in [0.25, 0.3) is 5.56 Å². The van der Waals surface area contributed by atoms with Crippen LogP contribution in [0.4, 0.5) is 4.39 Å². The Labute approximate surface area is 235 Å². The SMILES string of the molecule is COc1ccc(F)cc1[C@H](Cn1c(=O)n([C@H](C)C(=O)NC(C)C)c(=O)c2c(C)c(-n3cccn3)sc21)OC(C)C. The van der Waals surface area contributed by atoms with E-state index in [-0.39, 0.29) is 18.7 Å². The number of aromatic nitrogens is 4. The van der Waals surface area contributed by atoms with E-state index in [1.54, 1.807) is 43.9 Å². The van der Waals surface area contributed by atoms with Crippen molar-refractivity contribution >= 4 is 27.5 Å². The number of methoxy groups -OCH3 is 1. The van der Waals surface area contributed by atoms with Crippen LogP contribution in [0.2, 0.25) is 0 Å². The minimum atomic E-state index is -1.08. The van der Waals surface area contributed by atoms with Gasteiger partial charge < -0.3 is 14.8 Å². The molecule has 4 rings (SSSR count). The summed E-state index contributed by atoms with van der Waals surface area (Å²) < 4.78 is 30.1. The highest BCUT2D eigenvalue weighted by molar-refractivity contribution is 7.21. The Balaban J connectivity index is 2.01. The molecular weight excluding hydrogens is 537 g/mol. The lowest BCUT2D eigenvalue weighted by Gasteiger charge is -2.25. The predicted molar refractivity (Wildman–Crippen MR) is 152 cm³/mol. The molecule has 0 spiro atoms. The topological polar surface area (TPSA) is 109 Å². The fraction of sp³-hybridized carbons (Fsp3) is 0.429. The normalized spacial score (nSPS) is 13.2. The van der Waals surface area contributed by atoms with E-state index >= 15 is 0 Å². The van der Waals surface area contributed by atoms with E-state index in [2.05, 4.69) is 10.4 Å². The minimum absolute atomic E-state index is 0.0649. The first-order valence-electron chi connectivity index (χ1n) is 13.0. The van der Waals surface area contributed by atoms with E-state index in [1.165, 1.54) is 48.1 Å². The van der Waals surface area contributed by atoms with Gasteiger partial charge in [0.05, 0.1) is 25.1 Å². The second-order valence-electron chi connectivity index (χ2n) is 10.1. The minimum Gasteiger partial charge on any atom is -0.496 e. The van der Waals surface area contributed by atoms with Crippen molar-refractivity contribution in [3.05, 3.63) is 74.4 Å². The van der Waals surface area contributed by atoms with Crippen LogP contribution in [0.15, 0.2) is 46.2 Å². The van der Waals surface area contributed by atoms with E-state index in [0.29, 0.717) is 32.1 Å². The maximum atomic E-state index is 14.4. The van der Waals surface area contributed by atoms with Gasteiger partial charge in [-0.1, -0.05) is 11.3 Å². The molecule has 0 aliphatic heterocycles. The smallest absolute Gasteiger partial charge is 0.332 e. The molecule has 3 heterocycles. The molecule has 10 nitrogen and oxygen atoms in total. The Kier molecular flexibility index (Phi) is 8.59. The molecule has 1 amide bonds. The van der Waals surface area contributed by atoms with Gasteiger partial charge in [-0.15, -0.1) is 0 Å². The third-order valence-electron chi connectivity index (χ3n) is 6.45. The number of thiophene rings is 1. The van der Waals surface area contributed by atoms with Crippen molar-refractivity contribution in [2.45, 2.75) is 72.4 Å². The maximum absolute atomic E-state index is 14.4. The largest absolute Gasteiger partial charge is 0.496 e. The van der Waals surface area contributed by atoms with E-state index in [9.17, 15) is 18.8 Å². The van der Waals surface area contributed by atoms with Gasteiger partial charge in [-0.05, 0) is 65.8 Å². The number of aryl methyl sites for hydroxylation is 1. The van der Waals surface area contributed by atoms with E-state index in [4.69, 9.17) is 9.47 Å². The zero-order chi connectivity index (χ0) is 29.3. The molecule has 0 fully saturated rings. The molecule has 0 radical (unpaired) electrons. The number of carbonyl (C=O) groups is 1. The fourth-order valence-electron chi connectivity index (χ4n) is 4.65. The number of amides is 1. The molecule has 4 aromatic rings. The van der Waals surface area contributed by atoms with Crippen molar-refractivity contribution in [3.8, 4) is 10.8 Å². The molecule has 12 heteroatoms. The fourth-order valence-corrected chi connectivity index (χ4v) is 5.90. The Morgan fingerprint density at radius 2 is 1.90 bits per heavy atom. The Morgan fingerprint density at radius 3 is 2.50 bits per heavy atom. The zero-order valence-electron chi connectivity index (χ0n) is 23.6. The molecule has 0 aliphatic rings. The van der Waals surface area contributed by atoms with Crippen molar-refractivity contribution in [2.24, 2.45) is 0 Å². The molecule has 3 aromatic heterocycles. The first kappa shape index (κ1) is 29.2. The van der Waals surface area contributed by atoms with E-state index in [0.717, 1.165) is 4.57 Å². The average molecular weight is 572 g/mol. The molecule has 0 aliphatic carbocycles. The first-order valence-corrected chi connectivity index (χ1v) is 13.8. The van der Waals surface area contributed by atoms with Gasteiger partial charge in [0, 0.05) is 29.6 Å². The van der Waals surface area contributed by atoms with Gasteiger partial charge in [-0.2, -0.15) is 5.10 Å². The van der Waals surface area contributed by atoms with E-state index in [1.807, 2.05) is 13.8 Å². The second kappa shape index (κ2) is 11.8. The third-order valence-corrected chi connectivity index (χ3v) is 7.76. The molecule has 40 heavy (non-hydrogen) atoms. The number of nitrogens with one attached hydrogen (secondary N) is 1. The summed E-state index contributed by atoms with van der Waals surface area (Å²) in [7, 11) is 1.47. The highest BCUT2D eigenvalue weighted by Crippen LogP contribution is 2.34. The number of fused-ring (bicyclic) bond motifs is 1. The quantitative estimate of drug-likeness (QED) is 0.307. The van der Waals surface area contributed by atoms with E-state index < -0.39 is 35.1 Å². The standard InChI is InChI=1S/C28H34FN5O5S/c1-15(2)31-24(35)18(6)34-25(36)23-17(5)26(33-12-8-11-30-33)40-27(23)32(28(34)37)14-22(39-16(3)4)20-13-19(29)9-10-21(20)38-7/h8-13,15-16,18,22H,14H2,1-7H3,(H,31,35)/t18-,22+/m1/s1. The highest BCUT2D eigenvalue weighted by atomic mass is 32.1. The second-order valence-corrected chi connectivity index (χ2v) is 11.1. The maximum Gasteiger partial charge on any atom is 0.332 e. The number of hydrogen-bond donors (Lipinski definition) is 1. The van der Waals surface area contributed by atoms with Crippen molar-refractivity contribution in [1.82, 2.24) is 24.2 Å². The van der Waals surface area contributed by atoms with Crippen LogP contribution in [0.1, 0.15) is 57.9 Å². The summed E-state index contributed by atoms with van der Waals surface area (Å²) in [5.74, 6) is -0.543. The Bertz CT molecular complexity index is 1640. The Morgan fingerprint density at radius 1 is 1.18 bits per heavy atom. The molecule has 0 saturated heterocycles. The van der Waals surface area contributed by atoms with Crippen LogP contribution in [0.25, 0.3) is 15.2 Å². The summed E-state index contributed by atoms with van der Waals surface area (Å²) in [5, 5.41) is 8.04. The van der Waals surface area contributed by atoms with Crippen LogP contribution in [-0.4, -0.2) is 44.1 Å². The van der Waals surface area contributed by atoms with Crippen LogP contribution < -0.4 is 21.3 Å². The molecule has 1 aromatic carbocycles. The zero-order valence-corrected chi connectivity index (χ0v) is 24.4. The van der Waals surface area contributed by atoms with Crippen molar-refractivity contribution in [2.75, 3.05) is 7.11 Å². The highest BCUT2D eigenvalue weighted by Gasteiger charge is 2.29. The van der Waals surface area contributed by atoms with Crippen LogP contribution in [-0.2, 0) is 16.1 Å². The average Bonchev–Trinajstić information content (AvgIpc) is 3.53. The summed E-state index contributed by atoms with van der Waals surface area (Å²) in [5.41, 5.74) is -0.207. The number of nitrogens with zero attached hydrogens (tertiary/aromatic N) is 4. The molecule has 2 atom stereocenters. The summed E-state index contributed by atoms with van der Waals surface area (Å²) in [4.78, 5) is 41.3. The number of ether oxygens (including phenoxy) is 2. The van der Waals surface area contributed by atoms with Gasteiger partial charge in [0.2, 0.25) is 5.91 Å². The van der Waals surface area contributed by atoms with Gasteiger partial charge in [-0.25, -0.2) is 18.4 Å². The van der Waals surface area contributed by atoms with Gasteiger partial charge in [0.15, 0.2) is 0 Å². The molecule has 214 valence electrons. The van der Waals surface area contributed by atoms with Gasteiger partial charge in [-0.3, -0.25) is 14.2 Å². The molecular formula is C28H34FN5O5S. The van der Waals surface area contributed by atoms with Crippen LogP contribution >= 0.6 is 11.3 Å². The van der Waals surface area contributed by atoms with Crippen LogP contribution in [0, 0.1) is 12.7 Å². The molecule has 0 unspecified atom stereocenters. The number of carbonyl (C=O) groups excluding carboxylic acids is 1. The number of rotatable bonds is 10. The van der Waals surface area contributed by atoms with Crippen molar-refractivity contribution < 1.29 is 18.7 Å². The Hall–Kier alpha value is -3.77. The monoisotopic (exact) mass is 571 g/mol. The molecule has 0 saturated carbocycles. The first-order chi connectivity index (χ1) is 18.9. The van der Waals surface area contributed by atoms with Gasteiger partial charge in [0.1, 0.15) is 33.5 Å². The lowest BCUT2D eigenvalue weighted by molar-refractivity contribution is -0.124. The summed E-state index contributed by atoms with van der Waals surface area (Å²) >= 11 is 1.23. The van der Waals surface area contributed by atoms with Crippen LogP contribution in [0.5, 0.6) is 5.75 Å². The van der Waals surface area contributed by atoms with Crippen molar-refractivity contribution in [3.63, 3.8) is 0 Å². The van der Waals surface area contributed by atoms with Crippen molar-refractivity contribution in [1.29, 1.82) is 0 Å². The summed E-state index contributed by atoms with van der Waals surface area (Å²) in [6.07, 6.45) is 2.28. The number of hydrogen-bond acceptors (Lipinski definition) is 7. The molecule has 1 N–H and O–H groups in total. The van der Waals surface area contributed by atoms with Gasteiger partial charge >= 0.3 is 5.69 Å². The lowest BCUT2D eigenvalue weighted by atomic mass is 10.1. The third kappa shape index (κ3) is 5.59. The molecule has 0 bridgehead atoms.